The molecule has 0 saturated heterocycles. The van der Waals surface area contributed by atoms with Crippen molar-refractivity contribution in [2.24, 2.45) is 11.7 Å². The van der Waals surface area contributed by atoms with Crippen LogP contribution in [0.2, 0.25) is 0 Å². The van der Waals surface area contributed by atoms with E-state index in [2.05, 4.69) is 18.9 Å². The lowest BCUT2D eigenvalue weighted by molar-refractivity contribution is 0.110. The van der Waals surface area contributed by atoms with Crippen molar-refractivity contribution < 1.29 is 4.74 Å². The molecule has 2 unspecified atom stereocenters. The summed E-state index contributed by atoms with van der Waals surface area (Å²) in [6, 6.07) is 0.833. The zero-order valence-electron chi connectivity index (χ0n) is 8.99. The van der Waals surface area contributed by atoms with Crippen LogP contribution in [0.3, 0.4) is 0 Å². The molecule has 1 aliphatic rings. The molecule has 0 radical (unpaired) electrons. The Labute approximate surface area is 81.2 Å². The second-order valence-electron chi connectivity index (χ2n) is 4.25. The highest BCUT2D eigenvalue weighted by molar-refractivity contribution is 4.86. The van der Waals surface area contributed by atoms with Crippen molar-refractivity contribution in [1.29, 1.82) is 0 Å². The number of hydrogen-bond acceptors (Lipinski definition) is 3. The van der Waals surface area contributed by atoms with Crippen LogP contribution in [0.5, 0.6) is 0 Å². The Bertz CT molecular complexity index is 148. The number of rotatable bonds is 6. The molecule has 78 valence electrons. The molecule has 2 atom stereocenters. The normalized spacial score (nSPS) is 21.9. The van der Waals surface area contributed by atoms with Crippen LogP contribution in [-0.2, 0) is 4.74 Å². The number of ether oxygens (including phenoxy) is 1. The van der Waals surface area contributed by atoms with Crippen LogP contribution in [0.1, 0.15) is 19.8 Å². The molecule has 3 heteroatoms. The molecule has 0 aromatic rings. The third kappa shape index (κ3) is 3.63. The Kier molecular flexibility index (Phi) is 4.16. The van der Waals surface area contributed by atoms with Gasteiger partial charge in [-0.2, -0.15) is 0 Å². The topological polar surface area (TPSA) is 38.5 Å². The molecular formula is C10H22N2O. The Morgan fingerprint density at radius 1 is 1.54 bits per heavy atom. The average molecular weight is 186 g/mol. The minimum atomic E-state index is 0.365. The van der Waals surface area contributed by atoms with Gasteiger partial charge >= 0.3 is 0 Å². The largest absolute Gasteiger partial charge is 0.383 e. The molecule has 1 rings (SSSR count). The summed E-state index contributed by atoms with van der Waals surface area (Å²) in [6.07, 6.45) is 2.65. The summed E-state index contributed by atoms with van der Waals surface area (Å²) in [5, 5.41) is 0. The van der Waals surface area contributed by atoms with Crippen molar-refractivity contribution in [3.05, 3.63) is 0 Å². The van der Waals surface area contributed by atoms with E-state index in [1.54, 1.807) is 7.11 Å². The van der Waals surface area contributed by atoms with Crippen molar-refractivity contribution >= 4 is 0 Å². The van der Waals surface area contributed by atoms with Crippen LogP contribution in [0.25, 0.3) is 0 Å². The van der Waals surface area contributed by atoms with Crippen molar-refractivity contribution in [3.63, 3.8) is 0 Å². The first-order valence-electron chi connectivity index (χ1n) is 5.10. The maximum Gasteiger partial charge on any atom is 0.0615 e. The van der Waals surface area contributed by atoms with Gasteiger partial charge in [-0.3, -0.25) is 4.90 Å². The predicted octanol–water partition coefficient (Wildman–Crippen LogP) is 0.690. The van der Waals surface area contributed by atoms with E-state index in [9.17, 15) is 0 Å². The van der Waals surface area contributed by atoms with Crippen LogP contribution in [0.15, 0.2) is 0 Å². The number of methoxy groups -OCH3 is 1. The number of nitrogens with zero attached hydrogens (tertiary/aromatic N) is 1. The minimum absolute atomic E-state index is 0.365. The van der Waals surface area contributed by atoms with Gasteiger partial charge in [0, 0.05) is 25.7 Å². The molecule has 3 nitrogen and oxygen atoms in total. The van der Waals surface area contributed by atoms with Crippen LogP contribution < -0.4 is 5.73 Å². The highest BCUT2D eigenvalue weighted by Gasteiger charge is 2.29. The molecule has 1 aliphatic carbocycles. The zero-order chi connectivity index (χ0) is 9.84. The lowest BCUT2D eigenvalue weighted by Crippen LogP contribution is -2.42. The van der Waals surface area contributed by atoms with Gasteiger partial charge < -0.3 is 10.5 Å². The van der Waals surface area contributed by atoms with Gasteiger partial charge in [-0.05, 0) is 32.7 Å². The molecule has 0 amide bonds. The maximum atomic E-state index is 6.03. The van der Waals surface area contributed by atoms with Crippen molar-refractivity contribution in [1.82, 2.24) is 4.90 Å². The summed E-state index contributed by atoms with van der Waals surface area (Å²) in [5.41, 5.74) is 6.03. The summed E-state index contributed by atoms with van der Waals surface area (Å²) >= 11 is 0. The predicted molar refractivity (Wildman–Crippen MR) is 54.7 cm³/mol. The molecule has 1 saturated carbocycles. The van der Waals surface area contributed by atoms with Crippen LogP contribution >= 0.6 is 0 Å². The molecule has 1 fully saturated rings. The van der Waals surface area contributed by atoms with Crippen molar-refractivity contribution in [3.8, 4) is 0 Å². The smallest absolute Gasteiger partial charge is 0.0615 e. The Hall–Kier alpha value is -0.120. The van der Waals surface area contributed by atoms with Gasteiger partial charge in [-0.1, -0.05) is 0 Å². The first kappa shape index (κ1) is 11.0. The standard InChI is InChI=1S/C10H22N2O/c1-8(7-13-3)12(2)6-10(11)9-4-5-9/h8-10H,4-7,11H2,1-3H3. The van der Waals surface area contributed by atoms with Crippen molar-refractivity contribution in [2.45, 2.75) is 31.8 Å². The summed E-state index contributed by atoms with van der Waals surface area (Å²) < 4.78 is 5.10. The summed E-state index contributed by atoms with van der Waals surface area (Å²) in [7, 11) is 3.86. The first-order chi connectivity index (χ1) is 6.15. The summed E-state index contributed by atoms with van der Waals surface area (Å²) in [4.78, 5) is 2.28. The van der Waals surface area contributed by atoms with Crippen LogP contribution in [-0.4, -0.2) is 44.3 Å². The van der Waals surface area contributed by atoms with Crippen molar-refractivity contribution in [2.75, 3.05) is 27.3 Å². The fourth-order valence-corrected chi connectivity index (χ4v) is 1.55. The number of nitrogens with two attached hydrogens (primary N) is 1. The van der Waals surface area contributed by atoms with Gasteiger partial charge in [0.1, 0.15) is 0 Å². The van der Waals surface area contributed by atoms with E-state index in [-0.39, 0.29) is 0 Å². The molecular weight excluding hydrogens is 164 g/mol. The van der Waals surface area contributed by atoms with E-state index in [1.165, 1.54) is 12.8 Å². The number of likely N-dealkylation sites (N-methyl/N-ethyl adjacent to an activating group) is 1. The lowest BCUT2D eigenvalue weighted by Gasteiger charge is -2.26. The molecule has 0 aliphatic heterocycles. The number of hydrogen-bond donors (Lipinski definition) is 1. The van der Waals surface area contributed by atoms with Gasteiger partial charge in [0.15, 0.2) is 0 Å². The Balaban J connectivity index is 2.17. The molecule has 2 N–H and O–H groups in total. The van der Waals surface area contributed by atoms with Gasteiger partial charge in [0.2, 0.25) is 0 Å². The van der Waals surface area contributed by atoms with Gasteiger partial charge in [-0.15, -0.1) is 0 Å². The van der Waals surface area contributed by atoms with E-state index in [4.69, 9.17) is 10.5 Å². The summed E-state index contributed by atoms with van der Waals surface area (Å²) in [6.45, 7) is 3.95. The average Bonchev–Trinajstić information content (AvgIpc) is 2.86. The van der Waals surface area contributed by atoms with Crippen LogP contribution in [0.4, 0.5) is 0 Å². The fourth-order valence-electron chi connectivity index (χ4n) is 1.55. The van der Waals surface area contributed by atoms with E-state index in [1.807, 2.05) is 0 Å². The highest BCUT2D eigenvalue weighted by atomic mass is 16.5. The quantitative estimate of drug-likeness (QED) is 0.663. The molecule has 13 heavy (non-hydrogen) atoms. The third-order valence-electron chi connectivity index (χ3n) is 2.89. The maximum absolute atomic E-state index is 6.03. The second-order valence-corrected chi connectivity index (χ2v) is 4.25. The highest BCUT2D eigenvalue weighted by Crippen LogP contribution is 2.31. The molecule has 0 bridgehead atoms. The minimum Gasteiger partial charge on any atom is -0.383 e. The van der Waals surface area contributed by atoms with E-state index >= 15 is 0 Å². The Morgan fingerprint density at radius 3 is 2.62 bits per heavy atom. The molecule has 0 spiro atoms. The Morgan fingerprint density at radius 2 is 2.15 bits per heavy atom. The third-order valence-corrected chi connectivity index (χ3v) is 2.89. The van der Waals surface area contributed by atoms with Gasteiger partial charge in [-0.25, -0.2) is 0 Å². The van der Waals surface area contributed by atoms with Gasteiger partial charge in [0.05, 0.1) is 6.61 Å². The van der Waals surface area contributed by atoms with Crippen LogP contribution in [0, 0.1) is 5.92 Å². The van der Waals surface area contributed by atoms with E-state index in [0.717, 1.165) is 19.1 Å². The monoisotopic (exact) mass is 186 g/mol. The SMILES string of the molecule is COCC(C)N(C)CC(N)C1CC1. The van der Waals surface area contributed by atoms with E-state index < -0.39 is 0 Å². The zero-order valence-corrected chi connectivity index (χ0v) is 8.99. The molecule has 0 aromatic heterocycles. The second kappa shape index (κ2) is 4.94. The summed E-state index contributed by atoms with van der Waals surface area (Å²) in [5.74, 6) is 0.789. The fraction of sp³-hybridized carbons (Fsp3) is 1.00. The van der Waals surface area contributed by atoms with Gasteiger partial charge in [0.25, 0.3) is 0 Å². The molecule has 0 aromatic carbocycles. The lowest BCUT2D eigenvalue weighted by atomic mass is 10.2. The van der Waals surface area contributed by atoms with E-state index in [0.29, 0.717) is 12.1 Å². The molecule has 0 heterocycles. The first-order valence-corrected chi connectivity index (χ1v) is 5.10.